The molecule has 2 atom stereocenters. The monoisotopic (exact) mass is 318 g/mol. The first kappa shape index (κ1) is 15.6. The predicted octanol–water partition coefficient (Wildman–Crippen LogP) is 3.14. The van der Waals surface area contributed by atoms with Crippen molar-refractivity contribution >= 4 is 6.03 Å². The molecular weight excluding hydrogens is 299 g/mol. The fourth-order valence-electron chi connectivity index (χ4n) is 2.70. The van der Waals surface area contributed by atoms with Crippen LogP contribution in [0.3, 0.4) is 0 Å². The number of hydrogen-bond donors (Lipinski definition) is 2. The van der Waals surface area contributed by atoms with E-state index in [2.05, 4.69) is 10.6 Å². The van der Waals surface area contributed by atoms with E-state index in [0.717, 1.165) is 18.4 Å². The molecule has 2 amide bonds. The van der Waals surface area contributed by atoms with Crippen LogP contribution >= 0.6 is 0 Å². The Morgan fingerprint density at radius 3 is 2.78 bits per heavy atom. The van der Waals surface area contributed by atoms with E-state index in [0.29, 0.717) is 18.9 Å². The molecule has 122 valence electrons. The Labute approximate surface area is 133 Å². The molecule has 2 heterocycles. The molecule has 2 aromatic rings. The molecular formula is C17H19FN2O3. The third kappa shape index (κ3) is 4.10. The Hall–Kier alpha value is -2.34. The summed E-state index contributed by atoms with van der Waals surface area (Å²) in [4.78, 5) is 12.2. The SMILES string of the molecule is O=C(NCc1ccco1)N[C@@H](c1ccc(F)cc1)[C@@H]1CCCO1. The van der Waals surface area contributed by atoms with Gasteiger partial charge in [-0.1, -0.05) is 12.1 Å². The Morgan fingerprint density at radius 2 is 2.13 bits per heavy atom. The number of rotatable bonds is 5. The molecule has 1 aliphatic heterocycles. The summed E-state index contributed by atoms with van der Waals surface area (Å²) >= 11 is 0. The summed E-state index contributed by atoms with van der Waals surface area (Å²) in [6.07, 6.45) is 3.27. The van der Waals surface area contributed by atoms with E-state index >= 15 is 0 Å². The summed E-state index contributed by atoms with van der Waals surface area (Å²) in [6.45, 7) is 0.985. The van der Waals surface area contributed by atoms with Crippen molar-refractivity contribution in [3.8, 4) is 0 Å². The van der Waals surface area contributed by atoms with Crippen molar-refractivity contribution in [3.63, 3.8) is 0 Å². The normalized spacial score (nSPS) is 18.6. The van der Waals surface area contributed by atoms with Crippen LogP contribution in [0, 0.1) is 5.82 Å². The molecule has 0 bridgehead atoms. The van der Waals surface area contributed by atoms with Gasteiger partial charge in [0.1, 0.15) is 11.6 Å². The van der Waals surface area contributed by atoms with E-state index in [9.17, 15) is 9.18 Å². The van der Waals surface area contributed by atoms with Crippen LogP contribution in [0.4, 0.5) is 9.18 Å². The van der Waals surface area contributed by atoms with Crippen molar-refractivity contribution in [3.05, 3.63) is 59.8 Å². The Morgan fingerprint density at radius 1 is 1.30 bits per heavy atom. The van der Waals surface area contributed by atoms with E-state index in [4.69, 9.17) is 9.15 Å². The molecule has 0 saturated carbocycles. The summed E-state index contributed by atoms with van der Waals surface area (Å²) in [5.41, 5.74) is 0.825. The number of ether oxygens (including phenoxy) is 1. The highest BCUT2D eigenvalue weighted by Gasteiger charge is 2.28. The maximum atomic E-state index is 13.1. The van der Waals surface area contributed by atoms with Crippen LogP contribution in [0.2, 0.25) is 0 Å². The van der Waals surface area contributed by atoms with E-state index in [1.165, 1.54) is 12.1 Å². The third-order valence-corrected chi connectivity index (χ3v) is 3.86. The maximum Gasteiger partial charge on any atom is 0.315 e. The molecule has 1 fully saturated rings. The van der Waals surface area contributed by atoms with Crippen LogP contribution in [0.5, 0.6) is 0 Å². The van der Waals surface area contributed by atoms with Crippen molar-refractivity contribution in [1.29, 1.82) is 0 Å². The molecule has 5 nitrogen and oxygen atoms in total. The lowest BCUT2D eigenvalue weighted by Crippen LogP contribution is -2.41. The number of halogens is 1. The molecule has 1 saturated heterocycles. The van der Waals surface area contributed by atoms with Crippen molar-refractivity contribution in [2.24, 2.45) is 0 Å². The Balaban J connectivity index is 1.65. The van der Waals surface area contributed by atoms with E-state index in [-0.39, 0.29) is 24.0 Å². The van der Waals surface area contributed by atoms with Gasteiger partial charge in [-0.15, -0.1) is 0 Å². The van der Waals surface area contributed by atoms with Crippen LogP contribution in [-0.4, -0.2) is 18.7 Å². The van der Waals surface area contributed by atoms with E-state index in [1.54, 1.807) is 30.5 Å². The maximum absolute atomic E-state index is 13.1. The van der Waals surface area contributed by atoms with Gasteiger partial charge in [-0.25, -0.2) is 9.18 Å². The molecule has 6 heteroatoms. The standard InChI is InChI=1S/C17H19FN2O3/c18-13-7-5-12(6-8-13)16(15-4-2-10-23-15)20-17(21)19-11-14-3-1-9-22-14/h1,3,5-9,15-16H,2,4,10-11H2,(H2,19,20,21)/t15-,16-/m0/s1. The topological polar surface area (TPSA) is 63.5 Å². The van der Waals surface area contributed by atoms with Crippen molar-refractivity contribution < 1.29 is 18.3 Å². The quantitative estimate of drug-likeness (QED) is 0.890. The zero-order valence-corrected chi connectivity index (χ0v) is 12.6. The lowest BCUT2D eigenvalue weighted by Gasteiger charge is -2.24. The fourth-order valence-corrected chi connectivity index (χ4v) is 2.70. The first-order valence-corrected chi connectivity index (χ1v) is 7.66. The van der Waals surface area contributed by atoms with Gasteiger partial charge < -0.3 is 19.8 Å². The smallest absolute Gasteiger partial charge is 0.315 e. The highest BCUT2D eigenvalue weighted by molar-refractivity contribution is 5.74. The second-order valence-electron chi connectivity index (χ2n) is 5.49. The summed E-state index contributed by atoms with van der Waals surface area (Å²) in [6, 6.07) is 9.06. The summed E-state index contributed by atoms with van der Waals surface area (Å²) in [5.74, 6) is 0.373. The van der Waals surface area contributed by atoms with Crippen molar-refractivity contribution in [2.75, 3.05) is 6.61 Å². The molecule has 3 rings (SSSR count). The number of amides is 2. The number of urea groups is 1. The van der Waals surface area contributed by atoms with Crippen LogP contribution in [0.1, 0.15) is 30.2 Å². The molecule has 23 heavy (non-hydrogen) atoms. The molecule has 1 aliphatic rings. The summed E-state index contributed by atoms with van der Waals surface area (Å²) in [7, 11) is 0. The minimum absolute atomic E-state index is 0.102. The van der Waals surface area contributed by atoms with E-state index in [1.807, 2.05) is 0 Å². The molecule has 2 N–H and O–H groups in total. The van der Waals surface area contributed by atoms with E-state index < -0.39 is 0 Å². The zero-order chi connectivity index (χ0) is 16.1. The number of benzene rings is 1. The van der Waals surface area contributed by atoms with Gasteiger partial charge in [-0.05, 0) is 42.7 Å². The van der Waals surface area contributed by atoms with Crippen molar-refractivity contribution in [1.82, 2.24) is 10.6 Å². The fraction of sp³-hybridized carbons (Fsp3) is 0.353. The van der Waals surface area contributed by atoms with Crippen LogP contribution < -0.4 is 10.6 Å². The molecule has 0 radical (unpaired) electrons. The van der Waals surface area contributed by atoms with Gasteiger partial charge >= 0.3 is 6.03 Å². The molecule has 0 aliphatic carbocycles. The summed E-state index contributed by atoms with van der Waals surface area (Å²) < 4.78 is 24.0. The predicted molar refractivity (Wildman–Crippen MR) is 82.2 cm³/mol. The lowest BCUT2D eigenvalue weighted by molar-refractivity contribution is 0.0807. The average Bonchev–Trinajstić information content (AvgIpc) is 3.25. The van der Waals surface area contributed by atoms with Gasteiger partial charge in [0.05, 0.1) is 25.0 Å². The highest BCUT2D eigenvalue weighted by atomic mass is 19.1. The first-order valence-electron chi connectivity index (χ1n) is 7.66. The first-order chi connectivity index (χ1) is 11.2. The summed E-state index contributed by atoms with van der Waals surface area (Å²) in [5, 5.41) is 5.66. The molecule has 0 spiro atoms. The van der Waals surface area contributed by atoms with Gasteiger partial charge in [0.2, 0.25) is 0 Å². The molecule has 1 aromatic heterocycles. The van der Waals surface area contributed by atoms with Crippen LogP contribution in [0.15, 0.2) is 47.1 Å². The van der Waals surface area contributed by atoms with Crippen LogP contribution in [0.25, 0.3) is 0 Å². The van der Waals surface area contributed by atoms with Crippen LogP contribution in [-0.2, 0) is 11.3 Å². The van der Waals surface area contributed by atoms with Gasteiger partial charge in [-0.2, -0.15) is 0 Å². The van der Waals surface area contributed by atoms with Gasteiger partial charge in [0, 0.05) is 6.61 Å². The number of nitrogens with one attached hydrogen (secondary N) is 2. The number of carbonyl (C=O) groups excluding carboxylic acids is 1. The Kier molecular flexibility index (Phi) is 4.92. The minimum Gasteiger partial charge on any atom is -0.467 e. The number of hydrogen-bond acceptors (Lipinski definition) is 3. The Bertz CT molecular complexity index is 622. The van der Waals surface area contributed by atoms with Crippen molar-refractivity contribution in [2.45, 2.75) is 31.5 Å². The zero-order valence-electron chi connectivity index (χ0n) is 12.6. The molecule has 1 aromatic carbocycles. The number of carbonyl (C=O) groups is 1. The molecule has 0 unspecified atom stereocenters. The largest absolute Gasteiger partial charge is 0.467 e. The second-order valence-corrected chi connectivity index (χ2v) is 5.49. The number of furan rings is 1. The van der Waals surface area contributed by atoms with Gasteiger partial charge in [0.25, 0.3) is 0 Å². The van der Waals surface area contributed by atoms with Gasteiger partial charge in [-0.3, -0.25) is 0 Å². The minimum atomic E-state index is -0.314. The second kappa shape index (κ2) is 7.28. The lowest BCUT2D eigenvalue weighted by atomic mass is 9.99. The average molecular weight is 318 g/mol. The van der Waals surface area contributed by atoms with Gasteiger partial charge in [0.15, 0.2) is 0 Å². The third-order valence-electron chi connectivity index (χ3n) is 3.86. The highest BCUT2D eigenvalue weighted by Crippen LogP contribution is 2.27.